The number of nitrogens with one attached hydrogen (secondary N) is 3. The van der Waals surface area contributed by atoms with E-state index in [0.717, 1.165) is 20.4 Å². The van der Waals surface area contributed by atoms with Crippen molar-refractivity contribution in [1.82, 2.24) is 10.6 Å². The molecular weight excluding hydrogens is 540 g/mol. The number of hydrogen-bond acceptors (Lipinski definition) is 2. The predicted octanol–water partition coefficient (Wildman–Crippen LogP) is 5.32. The summed E-state index contributed by atoms with van der Waals surface area (Å²) in [6.45, 7) is 3.93. The van der Waals surface area contributed by atoms with Crippen LogP contribution in [0, 0.1) is 17.4 Å². The van der Waals surface area contributed by atoms with Crippen LogP contribution in [0.3, 0.4) is 0 Å². The molecule has 4 nitrogen and oxygen atoms in total. The lowest BCUT2D eigenvalue weighted by Crippen LogP contribution is -2.56. The fraction of sp³-hybridized carbons (Fsp3) is 0.222. The minimum atomic E-state index is -1.81. The van der Waals surface area contributed by atoms with Crippen molar-refractivity contribution in [2.45, 2.75) is 23.8 Å². The summed E-state index contributed by atoms with van der Waals surface area (Å²) in [5.41, 5.74) is 3.38. The van der Waals surface area contributed by atoms with Gasteiger partial charge in [0, 0.05) is 14.8 Å². The van der Waals surface area contributed by atoms with Crippen LogP contribution in [0.15, 0.2) is 42.5 Å². The van der Waals surface area contributed by atoms with E-state index in [9.17, 15) is 4.79 Å². The molecule has 0 spiro atoms. The van der Waals surface area contributed by atoms with Crippen LogP contribution < -0.4 is 16.0 Å². The first-order valence-electron chi connectivity index (χ1n) is 7.84. The maximum atomic E-state index is 12.5. The molecule has 1 amide bonds. The van der Waals surface area contributed by atoms with E-state index in [0.29, 0.717) is 5.56 Å². The summed E-state index contributed by atoms with van der Waals surface area (Å²) >= 11 is 25.5. The van der Waals surface area contributed by atoms with E-state index in [2.05, 4.69) is 38.5 Å². The third kappa shape index (κ3) is 6.94. The van der Waals surface area contributed by atoms with Gasteiger partial charge in [-0.15, -0.1) is 0 Å². The van der Waals surface area contributed by atoms with Crippen LogP contribution in [0.5, 0.6) is 0 Å². The minimum absolute atomic E-state index is 0.225. The molecular formula is C18H17Cl3IN3OS. The highest BCUT2D eigenvalue weighted by molar-refractivity contribution is 14.1. The number of hydrogen-bond donors (Lipinski definition) is 3. The van der Waals surface area contributed by atoms with Gasteiger partial charge in [-0.2, -0.15) is 0 Å². The van der Waals surface area contributed by atoms with E-state index >= 15 is 0 Å². The highest BCUT2D eigenvalue weighted by atomic mass is 127. The standard InChI is InChI=1S/C18H17Cl3IN3OS/c1-10-6-7-11(2)14(8-10)23-17(27)25-16(18(19,20)21)24-15(26)12-4-3-5-13(22)9-12/h3-9,16H,1-2H3,(H,24,26)(H2,23,25,27)/t16-/m0/s1. The summed E-state index contributed by atoms with van der Waals surface area (Å²) in [7, 11) is 0. The van der Waals surface area contributed by atoms with E-state index in [1.54, 1.807) is 18.2 Å². The molecule has 0 unspecified atom stereocenters. The van der Waals surface area contributed by atoms with E-state index < -0.39 is 9.96 Å². The van der Waals surface area contributed by atoms with Crippen LogP contribution in [0.2, 0.25) is 0 Å². The van der Waals surface area contributed by atoms with Crippen molar-refractivity contribution in [3.8, 4) is 0 Å². The first-order valence-corrected chi connectivity index (χ1v) is 10.5. The van der Waals surface area contributed by atoms with Crippen LogP contribution >= 0.6 is 69.6 Å². The highest BCUT2D eigenvalue weighted by Crippen LogP contribution is 2.29. The molecule has 0 bridgehead atoms. The molecule has 0 aliphatic rings. The van der Waals surface area contributed by atoms with Crippen LogP contribution in [-0.2, 0) is 0 Å². The average Bonchev–Trinajstić information content (AvgIpc) is 2.56. The normalized spacial score (nSPS) is 12.2. The third-order valence-electron chi connectivity index (χ3n) is 3.61. The lowest BCUT2D eigenvalue weighted by atomic mass is 10.1. The largest absolute Gasteiger partial charge is 0.339 e. The molecule has 0 saturated heterocycles. The van der Waals surface area contributed by atoms with Crippen molar-refractivity contribution in [3.63, 3.8) is 0 Å². The van der Waals surface area contributed by atoms with Gasteiger partial charge in [0.15, 0.2) is 5.11 Å². The highest BCUT2D eigenvalue weighted by Gasteiger charge is 2.35. The zero-order valence-corrected chi connectivity index (χ0v) is 19.7. The molecule has 0 saturated carbocycles. The quantitative estimate of drug-likeness (QED) is 0.207. The second-order valence-corrected chi connectivity index (χ2v) is 9.90. The van der Waals surface area contributed by atoms with Crippen LogP contribution in [0.4, 0.5) is 5.69 Å². The monoisotopic (exact) mass is 555 g/mol. The first kappa shape index (κ1) is 22.5. The molecule has 0 heterocycles. The van der Waals surface area contributed by atoms with Gasteiger partial charge in [-0.05, 0) is 84.0 Å². The van der Waals surface area contributed by atoms with Gasteiger partial charge in [-0.25, -0.2) is 0 Å². The van der Waals surface area contributed by atoms with Gasteiger partial charge in [-0.1, -0.05) is 53.0 Å². The molecule has 27 heavy (non-hydrogen) atoms. The summed E-state index contributed by atoms with van der Waals surface area (Å²) in [6.07, 6.45) is -1.03. The molecule has 0 aliphatic carbocycles. The number of halogens is 4. The summed E-state index contributed by atoms with van der Waals surface area (Å²) in [6, 6.07) is 13.0. The number of anilines is 1. The van der Waals surface area contributed by atoms with Crippen molar-refractivity contribution in [3.05, 3.63) is 62.7 Å². The van der Waals surface area contributed by atoms with Crippen LogP contribution in [-0.4, -0.2) is 21.0 Å². The number of carbonyl (C=O) groups excluding carboxylic acids is 1. The Morgan fingerprint density at radius 2 is 1.81 bits per heavy atom. The zero-order chi connectivity index (χ0) is 20.2. The van der Waals surface area contributed by atoms with Gasteiger partial charge in [0.25, 0.3) is 5.91 Å². The number of benzene rings is 2. The number of aryl methyl sites for hydroxylation is 2. The fourth-order valence-corrected chi connectivity index (χ4v) is 3.30. The Labute approximate surface area is 192 Å². The Balaban J connectivity index is 2.11. The van der Waals surface area contributed by atoms with Crippen molar-refractivity contribution in [2.75, 3.05) is 5.32 Å². The molecule has 0 radical (unpaired) electrons. The smallest absolute Gasteiger partial charge is 0.253 e. The zero-order valence-electron chi connectivity index (χ0n) is 14.4. The Hall–Kier alpha value is -0.800. The second-order valence-electron chi connectivity index (χ2n) is 5.88. The second kappa shape index (κ2) is 9.60. The van der Waals surface area contributed by atoms with Crippen LogP contribution in [0.25, 0.3) is 0 Å². The van der Waals surface area contributed by atoms with E-state index in [1.807, 2.05) is 38.1 Å². The molecule has 0 aliphatic heterocycles. The van der Waals surface area contributed by atoms with Crippen molar-refractivity contribution >= 4 is 86.3 Å². The molecule has 0 aromatic heterocycles. The average molecular weight is 557 g/mol. The van der Waals surface area contributed by atoms with Gasteiger partial charge in [0.1, 0.15) is 6.17 Å². The Bertz CT molecular complexity index is 858. The molecule has 9 heteroatoms. The number of alkyl halides is 3. The minimum Gasteiger partial charge on any atom is -0.339 e. The summed E-state index contributed by atoms with van der Waals surface area (Å²) in [4.78, 5) is 12.5. The molecule has 1 atom stereocenters. The molecule has 3 N–H and O–H groups in total. The number of carbonyl (C=O) groups is 1. The SMILES string of the molecule is Cc1ccc(C)c(NC(=S)N[C@H](NC(=O)c2cccc(I)c2)C(Cl)(Cl)Cl)c1. The lowest BCUT2D eigenvalue weighted by Gasteiger charge is -2.28. The molecule has 0 fully saturated rings. The van der Waals surface area contributed by atoms with E-state index in [1.165, 1.54) is 0 Å². The van der Waals surface area contributed by atoms with Crippen molar-refractivity contribution < 1.29 is 4.79 Å². The Kier molecular flexibility index (Phi) is 8.00. The fourth-order valence-electron chi connectivity index (χ4n) is 2.20. The molecule has 144 valence electrons. The van der Waals surface area contributed by atoms with Gasteiger partial charge < -0.3 is 16.0 Å². The molecule has 2 aromatic carbocycles. The van der Waals surface area contributed by atoms with Gasteiger partial charge in [-0.3, -0.25) is 4.79 Å². The number of thiocarbonyl (C=S) groups is 1. The maximum Gasteiger partial charge on any atom is 0.253 e. The van der Waals surface area contributed by atoms with Crippen LogP contribution in [0.1, 0.15) is 21.5 Å². The molecule has 2 rings (SSSR count). The summed E-state index contributed by atoms with van der Waals surface area (Å²) < 4.78 is -0.893. The van der Waals surface area contributed by atoms with E-state index in [4.69, 9.17) is 47.0 Å². The number of rotatable bonds is 4. The number of amides is 1. The lowest BCUT2D eigenvalue weighted by molar-refractivity contribution is 0.0934. The van der Waals surface area contributed by atoms with Crippen molar-refractivity contribution in [1.29, 1.82) is 0 Å². The van der Waals surface area contributed by atoms with Crippen molar-refractivity contribution in [2.24, 2.45) is 0 Å². The van der Waals surface area contributed by atoms with Gasteiger partial charge in [0.05, 0.1) is 0 Å². The Morgan fingerprint density at radius 1 is 1.11 bits per heavy atom. The first-order chi connectivity index (χ1) is 12.6. The maximum absolute atomic E-state index is 12.5. The molecule has 2 aromatic rings. The Morgan fingerprint density at radius 3 is 2.44 bits per heavy atom. The van der Waals surface area contributed by atoms with Gasteiger partial charge >= 0.3 is 0 Å². The summed E-state index contributed by atoms with van der Waals surface area (Å²) in [5.74, 6) is -0.383. The summed E-state index contributed by atoms with van der Waals surface area (Å²) in [5, 5.41) is 8.82. The third-order valence-corrected chi connectivity index (χ3v) is 5.15. The van der Waals surface area contributed by atoms with E-state index in [-0.39, 0.29) is 11.0 Å². The topological polar surface area (TPSA) is 53.2 Å². The predicted molar refractivity (Wildman–Crippen MR) is 126 cm³/mol. The van der Waals surface area contributed by atoms with Gasteiger partial charge in [0.2, 0.25) is 3.79 Å².